The molecule has 0 aromatic heterocycles. The molecular formula is C38H50F2N4O7. The first-order valence-electron chi connectivity index (χ1n) is 16.7. The number of rotatable bonds is 17. The number of nitrogens with one attached hydrogen (secondary N) is 3. The van der Waals surface area contributed by atoms with E-state index >= 15 is 0 Å². The van der Waals surface area contributed by atoms with Crippen molar-refractivity contribution in [1.29, 1.82) is 0 Å². The highest BCUT2D eigenvalue weighted by Gasteiger charge is 2.26. The van der Waals surface area contributed by atoms with Crippen molar-refractivity contribution in [2.24, 2.45) is 0 Å². The van der Waals surface area contributed by atoms with Crippen molar-refractivity contribution in [3.05, 3.63) is 108 Å². The number of carbonyl (C=O) groups is 4. The Labute approximate surface area is 299 Å². The summed E-state index contributed by atoms with van der Waals surface area (Å²) in [6.45, 7) is 4.49. The molecule has 0 radical (unpaired) electrons. The number of hydrogen-bond acceptors (Lipinski definition) is 8. The molecule has 3 N–H and O–H groups in total. The smallest absolute Gasteiger partial charge is 0.345 e. The number of morpholine rings is 1. The van der Waals surface area contributed by atoms with Crippen molar-refractivity contribution in [2.45, 2.75) is 57.5 Å². The number of hydrogen-bond donors (Lipinski definition) is 3. The third kappa shape index (κ3) is 18.3. The summed E-state index contributed by atoms with van der Waals surface area (Å²) in [6, 6.07) is 27.7. The van der Waals surface area contributed by atoms with Crippen LogP contribution >= 0.6 is 0 Å². The molecule has 51 heavy (non-hydrogen) atoms. The van der Waals surface area contributed by atoms with Gasteiger partial charge in [-0.25, -0.2) is 0 Å². The van der Waals surface area contributed by atoms with E-state index < -0.39 is 18.7 Å². The zero-order valence-corrected chi connectivity index (χ0v) is 29.3. The van der Waals surface area contributed by atoms with E-state index in [4.69, 9.17) is 14.3 Å². The monoisotopic (exact) mass is 712 g/mol. The molecule has 13 heteroatoms. The van der Waals surface area contributed by atoms with E-state index in [-0.39, 0.29) is 30.3 Å². The number of methoxy groups -OCH3 is 1. The number of ether oxygens (including phenoxy) is 3. The van der Waals surface area contributed by atoms with Crippen LogP contribution in [-0.2, 0) is 52.8 Å². The zero-order chi connectivity index (χ0) is 37.3. The lowest BCUT2D eigenvalue weighted by molar-refractivity contribution is -0.132. The molecule has 1 aliphatic heterocycles. The Hall–Kier alpha value is -4.56. The molecule has 3 amide bonds. The maximum Gasteiger partial charge on any atom is 0.345 e. The SMILES string of the molecule is C=O.CC(NC(=O)[C@H](CCc1ccccc1)NC(=O)CN1CCOCC1)C(=O)N[C@H](COCc1ccccc1)Cc1ccccc1.COC(F)F. The van der Waals surface area contributed by atoms with Crippen LogP contribution in [0.2, 0.25) is 0 Å². The topological polar surface area (TPSA) is 135 Å². The van der Waals surface area contributed by atoms with Gasteiger partial charge >= 0.3 is 6.61 Å². The Balaban J connectivity index is 0.00000118. The van der Waals surface area contributed by atoms with Crippen LogP contribution in [0.1, 0.15) is 30.0 Å². The van der Waals surface area contributed by atoms with Crippen LogP contribution in [0.5, 0.6) is 0 Å². The lowest BCUT2D eigenvalue weighted by atomic mass is 10.0. The van der Waals surface area contributed by atoms with Gasteiger partial charge in [-0.05, 0) is 42.9 Å². The maximum absolute atomic E-state index is 13.4. The predicted molar refractivity (Wildman–Crippen MR) is 190 cm³/mol. The maximum atomic E-state index is 13.4. The second kappa shape index (κ2) is 25.4. The summed E-state index contributed by atoms with van der Waals surface area (Å²) in [5, 5.41) is 8.81. The van der Waals surface area contributed by atoms with Crippen LogP contribution in [0.3, 0.4) is 0 Å². The third-order valence-electron chi connectivity index (χ3n) is 7.72. The minimum atomic E-state index is -2.62. The standard InChI is InChI=1S/C35H44N4O5.C2H4F2O.CH2O/c1-27(34(41)37-31(23-29-13-7-3-8-14-29)26-44-25-30-15-9-4-10-16-30)36-35(42)32(18-17-28-11-5-2-6-12-28)38-33(40)24-39-19-21-43-22-20-39;1-5-2(3)4;1-2/h2-16,27,31-32H,17-26H2,1H3,(H,36,42)(H,37,41)(H,38,40);2H,1H3;1H2/t27?,31-,32-;;/m0../s1. The van der Waals surface area contributed by atoms with E-state index in [2.05, 4.69) is 20.7 Å². The zero-order valence-electron chi connectivity index (χ0n) is 29.3. The summed E-state index contributed by atoms with van der Waals surface area (Å²) in [4.78, 5) is 49.7. The Morgan fingerprint density at radius 3 is 1.88 bits per heavy atom. The molecule has 3 aromatic rings. The molecule has 0 bridgehead atoms. The lowest BCUT2D eigenvalue weighted by Crippen LogP contribution is -2.55. The minimum Gasteiger partial charge on any atom is -0.379 e. The summed E-state index contributed by atoms with van der Waals surface area (Å²) in [5.41, 5.74) is 3.19. The van der Waals surface area contributed by atoms with Crippen molar-refractivity contribution in [1.82, 2.24) is 20.9 Å². The van der Waals surface area contributed by atoms with E-state index in [9.17, 15) is 23.2 Å². The van der Waals surface area contributed by atoms with Crippen LogP contribution in [0, 0.1) is 0 Å². The van der Waals surface area contributed by atoms with E-state index in [0.717, 1.165) is 23.8 Å². The van der Waals surface area contributed by atoms with E-state index in [1.165, 1.54) is 0 Å². The number of alkyl halides is 2. The van der Waals surface area contributed by atoms with Gasteiger partial charge in [-0.15, -0.1) is 0 Å². The normalized spacial score (nSPS) is 14.4. The van der Waals surface area contributed by atoms with Gasteiger partial charge in [0.1, 0.15) is 18.9 Å². The van der Waals surface area contributed by atoms with Gasteiger partial charge in [0.2, 0.25) is 17.7 Å². The molecule has 1 aliphatic rings. The van der Waals surface area contributed by atoms with Crippen LogP contribution in [0.25, 0.3) is 0 Å². The number of carbonyl (C=O) groups excluding carboxylic acids is 4. The summed E-state index contributed by atoms with van der Waals surface area (Å²) >= 11 is 0. The second-order valence-corrected chi connectivity index (χ2v) is 11.7. The fourth-order valence-corrected chi connectivity index (χ4v) is 5.08. The molecule has 278 valence electrons. The highest BCUT2D eigenvalue weighted by molar-refractivity contribution is 5.92. The van der Waals surface area contributed by atoms with Gasteiger partial charge in [0.25, 0.3) is 0 Å². The number of nitrogens with zero attached hydrogens (tertiary/aromatic N) is 1. The summed E-state index contributed by atoms with van der Waals surface area (Å²) in [5.74, 6) is -0.932. The molecule has 3 aromatic carbocycles. The Bertz CT molecular complexity index is 1380. The van der Waals surface area contributed by atoms with Gasteiger partial charge in [-0.3, -0.25) is 19.3 Å². The molecule has 1 saturated heterocycles. The number of halogens is 2. The molecule has 3 atom stereocenters. The molecule has 4 rings (SSSR count). The van der Waals surface area contributed by atoms with E-state index in [0.29, 0.717) is 58.8 Å². The van der Waals surface area contributed by atoms with Crippen LogP contribution in [0.15, 0.2) is 91.0 Å². The Kier molecular flexibility index (Phi) is 21.2. The first-order chi connectivity index (χ1) is 24.7. The van der Waals surface area contributed by atoms with E-state index in [1.54, 1.807) is 6.92 Å². The van der Waals surface area contributed by atoms with Crippen molar-refractivity contribution < 1.29 is 42.2 Å². The van der Waals surface area contributed by atoms with Crippen molar-refractivity contribution in [3.8, 4) is 0 Å². The predicted octanol–water partition coefficient (Wildman–Crippen LogP) is 3.56. The van der Waals surface area contributed by atoms with Gasteiger partial charge < -0.3 is 35.0 Å². The van der Waals surface area contributed by atoms with E-state index in [1.807, 2.05) is 103 Å². The summed E-state index contributed by atoms with van der Waals surface area (Å²) < 4.78 is 35.8. The molecule has 0 saturated carbocycles. The molecule has 1 fully saturated rings. The average molecular weight is 713 g/mol. The minimum absolute atomic E-state index is 0.193. The summed E-state index contributed by atoms with van der Waals surface area (Å²) in [6.07, 6.45) is 1.59. The van der Waals surface area contributed by atoms with Gasteiger partial charge in [0, 0.05) is 20.2 Å². The van der Waals surface area contributed by atoms with Crippen molar-refractivity contribution in [2.75, 3.05) is 46.6 Å². The Morgan fingerprint density at radius 1 is 0.804 bits per heavy atom. The first kappa shape index (κ1) is 42.6. The second-order valence-electron chi connectivity index (χ2n) is 11.7. The summed E-state index contributed by atoms with van der Waals surface area (Å²) in [7, 11) is 0.949. The fourth-order valence-electron chi connectivity index (χ4n) is 5.08. The molecular weight excluding hydrogens is 662 g/mol. The van der Waals surface area contributed by atoms with Crippen LogP contribution < -0.4 is 16.0 Å². The lowest BCUT2D eigenvalue weighted by Gasteiger charge is -2.27. The Morgan fingerprint density at radius 2 is 1.33 bits per heavy atom. The quantitative estimate of drug-likeness (QED) is 0.194. The largest absolute Gasteiger partial charge is 0.379 e. The van der Waals surface area contributed by atoms with Crippen LogP contribution in [0.4, 0.5) is 8.78 Å². The average Bonchev–Trinajstić information content (AvgIpc) is 3.16. The molecule has 1 heterocycles. The fraction of sp³-hybridized carbons (Fsp3) is 0.421. The molecule has 11 nitrogen and oxygen atoms in total. The third-order valence-corrected chi connectivity index (χ3v) is 7.72. The van der Waals surface area contributed by atoms with Gasteiger partial charge in [0.15, 0.2) is 0 Å². The van der Waals surface area contributed by atoms with Crippen molar-refractivity contribution in [3.63, 3.8) is 0 Å². The highest BCUT2D eigenvalue weighted by atomic mass is 19.3. The molecule has 0 aliphatic carbocycles. The first-order valence-corrected chi connectivity index (χ1v) is 16.7. The van der Waals surface area contributed by atoms with Gasteiger partial charge in [-0.1, -0.05) is 91.0 Å². The molecule has 1 unspecified atom stereocenters. The van der Waals surface area contributed by atoms with Crippen molar-refractivity contribution >= 4 is 24.5 Å². The molecule has 0 spiro atoms. The number of aryl methyl sites for hydroxylation is 1. The number of benzene rings is 3. The van der Waals surface area contributed by atoms with Gasteiger partial charge in [-0.2, -0.15) is 8.78 Å². The number of amides is 3. The van der Waals surface area contributed by atoms with Gasteiger partial charge in [0.05, 0.1) is 39.0 Å². The highest BCUT2D eigenvalue weighted by Crippen LogP contribution is 2.09. The van der Waals surface area contributed by atoms with Crippen LogP contribution in [-0.4, -0.2) is 101 Å².